The van der Waals surface area contributed by atoms with Crippen LogP contribution < -0.4 is 11.0 Å². The third-order valence-corrected chi connectivity index (χ3v) is 4.78. The van der Waals surface area contributed by atoms with E-state index in [2.05, 4.69) is 10.4 Å². The summed E-state index contributed by atoms with van der Waals surface area (Å²) >= 11 is 0. The Hall–Kier alpha value is -2.41. The van der Waals surface area contributed by atoms with Crippen molar-refractivity contribution in [3.8, 4) is 5.69 Å². The molecular weight excluding hydrogens is 320 g/mol. The van der Waals surface area contributed by atoms with E-state index >= 15 is 0 Å². The van der Waals surface area contributed by atoms with Gasteiger partial charge in [0.05, 0.1) is 5.69 Å². The van der Waals surface area contributed by atoms with Gasteiger partial charge in [-0.05, 0) is 62.4 Å². The standard InChI is InChI=1S/C18H24N4O3/c23-17(24)6-3-14-1-4-16(5-2-14)21-13-20-22(18(21)25)12-9-15-7-10-19-11-8-15/h1-2,4-5,13,15,19H,3,6-12H2,(H,23,24). The minimum Gasteiger partial charge on any atom is -0.481 e. The normalized spacial score (nSPS) is 15.4. The Bertz CT molecular complexity index is 757. The number of carboxylic acids is 1. The quantitative estimate of drug-likeness (QED) is 0.793. The third-order valence-electron chi connectivity index (χ3n) is 4.78. The molecular formula is C18H24N4O3. The van der Waals surface area contributed by atoms with Gasteiger partial charge in [0.1, 0.15) is 6.33 Å². The van der Waals surface area contributed by atoms with Gasteiger partial charge in [0.2, 0.25) is 0 Å². The SMILES string of the molecule is O=C(O)CCc1ccc(-n2cnn(CCC3CCNCC3)c2=O)cc1. The summed E-state index contributed by atoms with van der Waals surface area (Å²) in [7, 11) is 0. The fourth-order valence-electron chi connectivity index (χ4n) is 3.22. The molecule has 1 aromatic heterocycles. The van der Waals surface area contributed by atoms with Gasteiger partial charge in [-0.2, -0.15) is 5.10 Å². The van der Waals surface area contributed by atoms with Crippen molar-refractivity contribution in [1.82, 2.24) is 19.7 Å². The van der Waals surface area contributed by atoms with E-state index in [1.165, 1.54) is 9.25 Å². The highest BCUT2D eigenvalue weighted by molar-refractivity contribution is 5.67. The number of nitrogens with zero attached hydrogens (tertiary/aromatic N) is 3. The molecule has 0 bridgehead atoms. The van der Waals surface area contributed by atoms with Gasteiger partial charge in [-0.25, -0.2) is 14.0 Å². The summed E-state index contributed by atoms with van der Waals surface area (Å²) in [6.45, 7) is 2.76. The van der Waals surface area contributed by atoms with Crippen molar-refractivity contribution in [2.75, 3.05) is 13.1 Å². The van der Waals surface area contributed by atoms with Crippen LogP contribution in [-0.2, 0) is 17.8 Å². The van der Waals surface area contributed by atoms with Gasteiger partial charge in [-0.1, -0.05) is 12.1 Å². The van der Waals surface area contributed by atoms with Gasteiger partial charge in [0.15, 0.2) is 0 Å². The van der Waals surface area contributed by atoms with E-state index in [9.17, 15) is 9.59 Å². The predicted octanol–water partition coefficient (Wildman–Crippen LogP) is 1.44. The second-order valence-corrected chi connectivity index (χ2v) is 6.55. The molecule has 2 aromatic rings. The number of benzene rings is 1. The van der Waals surface area contributed by atoms with Crippen LogP contribution in [0.3, 0.4) is 0 Å². The number of hydrogen-bond donors (Lipinski definition) is 2. The molecule has 0 saturated carbocycles. The van der Waals surface area contributed by atoms with E-state index in [0.717, 1.165) is 43.6 Å². The van der Waals surface area contributed by atoms with Crippen LogP contribution in [0, 0.1) is 5.92 Å². The lowest BCUT2D eigenvalue weighted by Crippen LogP contribution is -2.30. The summed E-state index contributed by atoms with van der Waals surface area (Å²) in [5.41, 5.74) is 1.56. The van der Waals surface area contributed by atoms with E-state index in [1.807, 2.05) is 24.3 Å². The zero-order valence-corrected chi connectivity index (χ0v) is 14.2. The Morgan fingerprint density at radius 2 is 1.96 bits per heavy atom. The molecule has 3 rings (SSSR count). The Labute approximate surface area is 146 Å². The topological polar surface area (TPSA) is 89.2 Å². The highest BCUT2D eigenvalue weighted by Crippen LogP contribution is 2.16. The number of rotatable bonds is 7. The summed E-state index contributed by atoms with van der Waals surface area (Å²) in [6.07, 6.45) is 5.44. The van der Waals surface area contributed by atoms with Crippen molar-refractivity contribution in [3.63, 3.8) is 0 Å². The molecule has 7 nitrogen and oxygen atoms in total. The molecule has 1 aromatic carbocycles. The van der Waals surface area contributed by atoms with Gasteiger partial charge in [0, 0.05) is 13.0 Å². The molecule has 0 amide bonds. The molecule has 1 saturated heterocycles. The molecule has 25 heavy (non-hydrogen) atoms. The number of carbonyl (C=O) groups is 1. The van der Waals surface area contributed by atoms with Crippen LogP contribution in [0.4, 0.5) is 0 Å². The van der Waals surface area contributed by atoms with Gasteiger partial charge < -0.3 is 10.4 Å². The molecule has 0 aliphatic carbocycles. The number of hydrogen-bond acceptors (Lipinski definition) is 4. The van der Waals surface area contributed by atoms with Crippen molar-refractivity contribution in [2.45, 2.75) is 38.6 Å². The third kappa shape index (κ3) is 4.57. The zero-order valence-electron chi connectivity index (χ0n) is 14.2. The number of nitrogens with one attached hydrogen (secondary N) is 1. The minimum absolute atomic E-state index is 0.105. The van der Waals surface area contributed by atoms with E-state index in [1.54, 1.807) is 6.33 Å². The molecule has 0 radical (unpaired) electrons. The monoisotopic (exact) mass is 344 g/mol. The first-order valence-electron chi connectivity index (χ1n) is 8.80. The Morgan fingerprint density at radius 1 is 1.24 bits per heavy atom. The molecule has 134 valence electrons. The van der Waals surface area contributed by atoms with Crippen LogP contribution in [0.2, 0.25) is 0 Å². The van der Waals surface area contributed by atoms with Crippen LogP contribution in [0.25, 0.3) is 5.69 Å². The first-order chi connectivity index (χ1) is 12.1. The summed E-state index contributed by atoms with van der Waals surface area (Å²) in [5.74, 6) is -0.151. The predicted molar refractivity (Wildman–Crippen MR) is 94.0 cm³/mol. The van der Waals surface area contributed by atoms with Crippen molar-refractivity contribution < 1.29 is 9.90 Å². The molecule has 2 N–H and O–H groups in total. The summed E-state index contributed by atoms with van der Waals surface area (Å²) in [4.78, 5) is 23.1. The van der Waals surface area contributed by atoms with Crippen molar-refractivity contribution in [2.24, 2.45) is 5.92 Å². The molecule has 0 unspecified atom stereocenters. The second kappa shape index (κ2) is 8.11. The summed E-state index contributed by atoms with van der Waals surface area (Å²) < 4.78 is 3.06. The Morgan fingerprint density at radius 3 is 2.64 bits per heavy atom. The van der Waals surface area contributed by atoms with Crippen LogP contribution in [0.1, 0.15) is 31.2 Å². The van der Waals surface area contributed by atoms with Gasteiger partial charge >= 0.3 is 11.7 Å². The van der Waals surface area contributed by atoms with Crippen LogP contribution in [0.15, 0.2) is 35.4 Å². The molecule has 0 spiro atoms. The fourth-order valence-corrected chi connectivity index (χ4v) is 3.22. The van der Waals surface area contributed by atoms with E-state index in [0.29, 0.717) is 18.9 Å². The van der Waals surface area contributed by atoms with Crippen LogP contribution in [0.5, 0.6) is 0 Å². The average Bonchev–Trinajstić information content (AvgIpc) is 3.00. The molecule has 2 heterocycles. The molecule has 7 heteroatoms. The maximum atomic E-state index is 12.5. The number of piperidine rings is 1. The first-order valence-corrected chi connectivity index (χ1v) is 8.80. The zero-order chi connectivity index (χ0) is 17.6. The fraction of sp³-hybridized carbons (Fsp3) is 0.500. The van der Waals surface area contributed by atoms with Gasteiger partial charge in [0.25, 0.3) is 0 Å². The minimum atomic E-state index is -0.810. The number of aromatic nitrogens is 3. The van der Waals surface area contributed by atoms with E-state index in [4.69, 9.17) is 5.11 Å². The van der Waals surface area contributed by atoms with E-state index < -0.39 is 5.97 Å². The smallest absolute Gasteiger partial charge is 0.350 e. The van der Waals surface area contributed by atoms with Crippen molar-refractivity contribution in [3.05, 3.63) is 46.6 Å². The summed E-state index contributed by atoms with van der Waals surface area (Å²) in [6, 6.07) is 7.38. The Kier molecular flexibility index (Phi) is 5.65. The Balaban J connectivity index is 1.63. The average molecular weight is 344 g/mol. The maximum Gasteiger partial charge on any atom is 0.350 e. The maximum absolute atomic E-state index is 12.5. The van der Waals surface area contributed by atoms with Crippen LogP contribution in [-0.4, -0.2) is 38.5 Å². The molecule has 1 aliphatic heterocycles. The van der Waals surface area contributed by atoms with Gasteiger partial charge in [-0.15, -0.1) is 0 Å². The first kappa shape index (κ1) is 17.4. The largest absolute Gasteiger partial charge is 0.481 e. The van der Waals surface area contributed by atoms with Crippen LogP contribution >= 0.6 is 0 Å². The lowest BCUT2D eigenvalue weighted by atomic mass is 9.95. The lowest BCUT2D eigenvalue weighted by molar-refractivity contribution is -0.136. The molecule has 1 aliphatic rings. The second-order valence-electron chi connectivity index (χ2n) is 6.55. The van der Waals surface area contributed by atoms with Crippen molar-refractivity contribution in [1.29, 1.82) is 0 Å². The lowest BCUT2D eigenvalue weighted by Gasteiger charge is -2.22. The molecule has 1 fully saturated rings. The number of aryl methyl sites for hydroxylation is 2. The number of carboxylic acid groups (broad SMARTS) is 1. The molecule has 0 atom stereocenters. The van der Waals surface area contributed by atoms with Gasteiger partial charge in [-0.3, -0.25) is 4.79 Å². The number of aliphatic carboxylic acids is 1. The highest BCUT2D eigenvalue weighted by atomic mass is 16.4. The highest BCUT2D eigenvalue weighted by Gasteiger charge is 2.14. The van der Waals surface area contributed by atoms with E-state index in [-0.39, 0.29) is 12.1 Å². The van der Waals surface area contributed by atoms with Crippen molar-refractivity contribution >= 4 is 5.97 Å². The summed E-state index contributed by atoms with van der Waals surface area (Å²) in [5, 5.41) is 16.3.